The standard InChI is InChI=1S/C13H15ClFN3O2/c14-8-4-3-5-9(15)10(8)17-12(19)13(11(16)18-20)6-1-2-7-13/h3-5,20H,1-2,6-7H2,(H2,16,18)(H,17,19). The highest BCUT2D eigenvalue weighted by Gasteiger charge is 2.45. The Hall–Kier alpha value is -1.82. The molecule has 1 aliphatic rings. The molecule has 1 aromatic rings. The Labute approximate surface area is 120 Å². The molecule has 7 heteroatoms. The van der Waals surface area contributed by atoms with Crippen molar-refractivity contribution < 1.29 is 14.4 Å². The Kier molecular flexibility index (Phi) is 4.13. The fourth-order valence-corrected chi connectivity index (χ4v) is 2.73. The molecule has 0 radical (unpaired) electrons. The average molecular weight is 300 g/mol. The van der Waals surface area contributed by atoms with E-state index in [0.717, 1.165) is 12.8 Å². The first-order valence-corrected chi connectivity index (χ1v) is 6.62. The Morgan fingerprint density at radius 3 is 2.65 bits per heavy atom. The number of carbonyl (C=O) groups excluding carboxylic acids is 1. The Balaban J connectivity index is 2.31. The Bertz CT molecular complexity index is 536. The molecule has 0 saturated heterocycles. The molecule has 0 aliphatic heterocycles. The van der Waals surface area contributed by atoms with Gasteiger partial charge in [-0.2, -0.15) is 0 Å². The van der Waals surface area contributed by atoms with Crippen molar-refractivity contribution >= 4 is 29.0 Å². The predicted octanol–water partition coefficient (Wildman–Crippen LogP) is 2.72. The lowest BCUT2D eigenvalue weighted by Crippen LogP contribution is -2.45. The van der Waals surface area contributed by atoms with E-state index >= 15 is 0 Å². The van der Waals surface area contributed by atoms with Crippen LogP contribution in [0.5, 0.6) is 0 Å². The van der Waals surface area contributed by atoms with Gasteiger partial charge in [-0.15, -0.1) is 0 Å². The molecule has 20 heavy (non-hydrogen) atoms. The number of anilines is 1. The molecule has 5 nitrogen and oxygen atoms in total. The van der Waals surface area contributed by atoms with Crippen LogP contribution in [0.1, 0.15) is 25.7 Å². The summed E-state index contributed by atoms with van der Waals surface area (Å²) in [5.74, 6) is -1.28. The van der Waals surface area contributed by atoms with Gasteiger partial charge in [-0.05, 0) is 25.0 Å². The second-order valence-corrected chi connectivity index (χ2v) is 5.23. The molecule has 1 amide bonds. The van der Waals surface area contributed by atoms with E-state index in [9.17, 15) is 9.18 Å². The van der Waals surface area contributed by atoms with Crippen molar-refractivity contribution in [1.29, 1.82) is 0 Å². The van der Waals surface area contributed by atoms with E-state index in [1.54, 1.807) is 0 Å². The molecule has 0 heterocycles. The molecule has 0 bridgehead atoms. The third-order valence-electron chi connectivity index (χ3n) is 3.69. The molecule has 0 aromatic heterocycles. The minimum Gasteiger partial charge on any atom is -0.409 e. The summed E-state index contributed by atoms with van der Waals surface area (Å²) in [6.07, 6.45) is 2.49. The fraction of sp³-hybridized carbons (Fsp3) is 0.385. The smallest absolute Gasteiger partial charge is 0.238 e. The number of rotatable bonds is 3. The van der Waals surface area contributed by atoms with E-state index < -0.39 is 17.1 Å². The van der Waals surface area contributed by atoms with Gasteiger partial charge in [0.1, 0.15) is 11.2 Å². The average Bonchev–Trinajstić information content (AvgIpc) is 2.92. The van der Waals surface area contributed by atoms with Gasteiger partial charge < -0.3 is 16.3 Å². The highest BCUT2D eigenvalue weighted by atomic mass is 35.5. The van der Waals surface area contributed by atoms with Gasteiger partial charge in [0.15, 0.2) is 5.84 Å². The number of oxime groups is 1. The SMILES string of the molecule is N/C(=N/O)C1(C(=O)Nc2c(F)cccc2Cl)CCCC1. The van der Waals surface area contributed by atoms with Crippen LogP contribution in [0.3, 0.4) is 0 Å². The molecule has 1 saturated carbocycles. The number of nitrogens with one attached hydrogen (secondary N) is 1. The molecule has 1 aliphatic carbocycles. The van der Waals surface area contributed by atoms with Crippen molar-refractivity contribution in [2.45, 2.75) is 25.7 Å². The third kappa shape index (κ3) is 2.43. The van der Waals surface area contributed by atoms with Crippen LogP contribution in [0.2, 0.25) is 5.02 Å². The van der Waals surface area contributed by atoms with Crippen LogP contribution < -0.4 is 11.1 Å². The maximum Gasteiger partial charge on any atom is 0.238 e. The number of nitrogens with two attached hydrogens (primary N) is 1. The van der Waals surface area contributed by atoms with Crippen LogP contribution >= 0.6 is 11.6 Å². The minimum atomic E-state index is -1.10. The first-order valence-electron chi connectivity index (χ1n) is 6.25. The van der Waals surface area contributed by atoms with Crippen molar-refractivity contribution in [1.82, 2.24) is 0 Å². The van der Waals surface area contributed by atoms with Crippen LogP contribution in [0.25, 0.3) is 0 Å². The molecular formula is C13H15ClFN3O2. The number of halogens is 2. The van der Waals surface area contributed by atoms with Gasteiger partial charge in [0, 0.05) is 0 Å². The zero-order valence-corrected chi connectivity index (χ0v) is 11.5. The number of benzene rings is 1. The monoisotopic (exact) mass is 299 g/mol. The number of hydrogen-bond donors (Lipinski definition) is 3. The van der Waals surface area contributed by atoms with Crippen molar-refractivity contribution in [3.8, 4) is 0 Å². The Morgan fingerprint density at radius 1 is 1.45 bits per heavy atom. The summed E-state index contributed by atoms with van der Waals surface area (Å²) in [5.41, 5.74) is 4.47. The number of carbonyl (C=O) groups is 1. The lowest BCUT2D eigenvalue weighted by Gasteiger charge is -2.26. The maximum atomic E-state index is 13.7. The van der Waals surface area contributed by atoms with Gasteiger partial charge in [0.05, 0.1) is 10.7 Å². The van der Waals surface area contributed by atoms with Crippen molar-refractivity contribution in [3.63, 3.8) is 0 Å². The summed E-state index contributed by atoms with van der Waals surface area (Å²) in [4.78, 5) is 12.4. The third-order valence-corrected chi connectivity index (χ3v) is 4.01. The van der Waals surface area contributed by atoms with Gasteiger partial charge in [-0.25, -0.2) is 4.39 Å². The summed E-state index contributed by atoms with van der Waals surface area (Å²) in [5, 5.41) is 14.4. The molecule has 108 valence electrons. The van der Waals surface area contributed by atoms with Crippen molar-refractivity contribution in [2.24, 2.45) is 16.3 Å². The van der Waals surface area contributed by atoms with E-state index in [4.69, 9.17) is 22.5 Å². The number of amidine groups is 1. The normalized spacial score (nSPS) is 18.0. The van der Waals surface area contributed by atoms with Crippen LogP contribution in [-0.4, -0.2) is 17.0 Å². The van der Waals surface area contributed by atoms with Crippen molar-refractivity contribution in [2.75, 3.05) is 5.32 Å². The van der Waals surface area contributed by atoms with Crippen LogP contribution in [0, 0.1) is 11.2 Å². The summed E-state index contributed by atoms with van der Waals surface area (Å²) in [7, 11) is 0. The van der Waals surface area contributed by atoms with Gasteiger partial charge in [0.2, 0.25) is 5.91 Å². The van der Waals surface area contributed by atoms with E-state index in [0.29, 0.717) is 12.8 Å². The molecule has 0 unspecified atom stereocenters. The van der Waals surface area contributed by atoms with Gasteiger partial charge in [-0.3, -0.25) is 4.79 Å². The first kappa shape index (κ1) is 14.6. The summed E-state index contributed by atoms with van der Waals surface area (Å²) in [6, 6.07) is 4.12. The summed E-state index contributed by atoms with van der Waals surface area (Å²) >= 11 is 5.87. The van der Waals surface area contributed by atoms with Crippen molar-refractivity contribution in [3.05, 3.63) is 29.0 Å². The predicted molar refractivity (Wildman–Crippen MR) is 74.3 cm³/mol. The van der Waals surface area contributed by atoms with E-state index in [1.807, 2.05) is 0 Å². The van der Waals surface area contributed by atoms with Crippen LogP contribution in [0.4, 0.5) is 10.1 Å². The Morgan fingerprint density at radius 2 is 2.10 bits per heavy atom. The largest absolute Gasteiger partial charge is 0.409 e. The highest BCUT2D eigenvalue weighted by molar-refractivity contribution is 6.34. The number of amides is 1. The molecular weight excluding hydrogens is 285 g/mol. The van der Waals surface area contributed by atoms with E-state index in [2.05, 4.69) is 10.5 Å². The van der Waals surface area contributed by atoms with Gasteiger partial charge >= 0.3 is 0 Å². The maximum absolute atomic E-state index is 13.7. The van der Waals surface area contributed by atoms with Crippen LogP contribution in [-0.2, 0) is 4.79 Å². The number of hydrogen-bond acceptors (Lipinski definition) is 3. The topological polar surface area (TPSA) is 87.7 Å². The van der Waals surface area contributed by atoms with E-state index in [-0.39, 0.29) is 16.5 Å². The lowest BCUT2D eigenvalue weighted by molar-refractivity contribution is -0.122. The zero-order valence-electron chi connectivity index (χ0n) is 10.7. The highest BCUT2D eigenvalue weighted by Crippen LogP contribution is 2.40. The van der Waals surface area contributed by atoms with E-state index in [1.165, 1.54) is 18.2 Å². The molecule has 0 atom stereocenters. The molecule has 0 spiro atoms. The molecule has 1 aromatic carbocycles. The first-order chi connectivity index (χ1) is 9.51. The second kappa shape index (κ2) is 5.66. The number of para-hydroxylation sites is 1. The molecule has 4 N–H and O–H groups in total. The summed E-state index contributed by atoms with van der Waals surface area (Å²) < 4.78 is 13.7. The fourth-order valence-electron chi connectivity index (χ4n) is 2.52. The second-order valence-electron chi connectivity index (χ2n) is 4.83. The van der Waals surface area contributed by atoms with Gasteiger partial charge in [-0.1, -0.05) is 35.7 Å². The van der Waals surface area contributed by atoms with Crippen LogP contribution in [0.15, 0.2) is 23.4 Å². The minimum absolute atomic E-state index is 0.0869. The molecule has 1 fully saturated rings. The zero-order chi connectivity index (χ0) is 14.8. The molecule has 2 rings (SSSR count). The summed E-state index contributed by atoms with van der Waals surface area (Å²) in [6.45, 7) is 0. The van der Waals surface area contributed by atoms with Gasteiger partial charge in [0.25, 0.3) is 0 Å². The quantitative estimate of drug-likeness (QED) is 0.347. The lowest BCUT2D eigenvalue weighted by atomic mass is 9.83. The number of nitrogens with zero attached hydrogens (tertiary/aromatic N) is 1.